The SMILES string of the molecule is CCOC1CC(CC(Br)Cc2ccncc2Cl)C1. The minimum Gasteiger partial charge on any atom is -0.378 e. The van der Waals surface area contributed by atoms with E-state index in [0.717, 1.165) is 24.0 Å². The Morgan fingerprint density at radius 3 is 3.00 bits per heavy atom. The van der Waals surface area contributed by atoms with E-state index in [9.17, 15) is 0 Å². The molecule has 1 saturated carbocycles. The highest BCUT2D eigenvalue weighted by Gasteiger charge is 2.30. The van der Waals surface area contributed by atoms with E-state index in [1.54, 1.807) is 12.4 Å². The Bertz CT molecular complexity index is 382. The molecule has 1 aromatic heterocycles. The number of nitrogens with zero attached hydrogens (tertiary/aromatic N) is 1. The summed E-state index contributed by atoms with van der Waals surface area (Å²) >= 11 is 9.88. The molecule has 1 aliphatic carbocycles. The number of hydrogen-bond acceptors (Lipinski definition) is 2. The lowest BCUT2D eigenvalue weighted by molar-refractivity contribution is -0.0263. The Morgan fingerprint density at radius 2 is 2.33 bits per heavy atom. The fourth-order valence-corrected chi connectivity index (χ4v) is 3.57. The summed E-state index contributed by atoms with van der Waals surface area (Å²) in [6, 6.07) is 2.00. The molecule has 0 amide bonds. The van der Waals surface area contributed by atoms with Gasteiger partial charge in [0.1, 0.15) is 0 Å². The smallest absolute Gasteiger partial charge is 0.0621 e. The van der Waals surface area contributed by atoms with Crippen molar-refractivity contribution in [1.82, 2.24) is 4.98 Å². The quantitative estimate of drug-likeness (QED) is 0.727. The third-order valence-electron chi connectivity index (χ3n) is 3.48. The lowest BCUT2D eigenvalue weighted by atomic mass is 9.79. The molecule has 1 heterocycles. The first-order valence-corrected chi connectivity index (χ1v) is 7.82. The van der Waals surface area contributed by atoms with Gasteiger partial charge in [0.05, 0.1) is 11.1 Å². The molecule has 0 aromatic carbocycles. The summed E-state index contributed by atoms with van der Waals surface area (Å²) in [6.07, 6.45) is 8.60. The Labute approximate surface area is 122 Å². The average molecular weight is 333 g/mol. The highest BCUT2D eigenvalue weighted by atomic mass is 79.9. The maximum atomic E-state index is 6.11. The van der Waals surface area contributed by atoms with Crippen LogP contribution in [0.25, 0.3) is 0 Å². The zero-order valence-electron chi connectivity index (χ0n) is 10.6. The molecule has 18 heavy (non-hydrogen) atoms. The number of alkyl halides is 1. The van der Waals surface area contributed by atoms with Crippen LogP contribution in [0.2, 0.25) is 5.02 Å². The number of rotatable bonds is 6. The first kappa shape index (κ1) is 14.3. The molecule has 0 bridgehead atoms. The maximum Gasteiger partial charge on any atom is 0.0621 e. The molecular weight excluding hydrogens is 314 g/mol. The van der Waals surface area contributed by atoms with Crippen LogP contribution in [0.4, 0.5) is 0 Å². The van der Waals surface area contributed by atoms with Crippen LogP contribution in [-0.4, -0.2) is 22.5 Å². The summed E-state index contributed by atoms with van der Waals surface area (Å²) in [7, 11) is 0. The summed E-state index contributed by atoms with van der Waals surface area (Å²) in [6.45, 7) is 2.90. The van der Waals surface area contributed by atoms with Gasteiger partial charge in [-0.05, 0) is 50.2 Å². The molecule has 4 heteroatoms. The minimum absolute atomic E-state index is 0.491. The minimum atomic E-state index is 0.491. The Morgan fingerprint density at radius 1 is 1.56 bits per heavy atom. The summed E-state index contributed by atoms with van der Waals surface area (Å²) in [5.41, 5.74) is 1.18. The van der Waals surface area contributed by atoms with E-state index in [-0.39, 0.29) is 0 Å². The predicted octanol–water partition coefficient (Wildman–Crippen LogP) is 4.25. The van der Waals surface area contributed by atoms with Crippen molar-refractivity contribution < 1.29 is 4.74 Å². The first-order valence-electron chi connectivity index (χ1n) is 6.53. The zero-order chi connectivity index (χ0) is 13.0. The number of aromatic nitrogens is 1. The lowest BCUT2D eigenvalue weighted by Crippen LogP contribution is -2.33. The summed E-state index contributed by atoms with van der Waals surface area (Å²) in [4.78, 5) is 4.50. The van der Waals surface area contributed by atoms with Gasteiger partial charge in [-0.15, -0.1) is 0 Å². The van der Waals surface area contributed by atoms with E-state index in [4.69, 9.17) is 16.3 Å². The Kier molecular flexibility index (Phi) is 5.46. The predicted molar refractivity (Wildman–Crippen MR) is 78.4 cm³/mol. The van der Waals surface area contributed by atoms with Crippen LogP contribution >= 0.6 is 27.5 Å². The van der Waals surface area contributed by atoms with E-state index in [1.165, 1.54) is 24.8 Å². The van der Waals surface area contributed by atoms with Crippen molar-refractivity contribution in [3.8, 4) is 0 Å². The molecule has 1 fully saturated rings. The first-order chi connectivity index (χ1) is 8.69. The summed E-state index contributed by atoms with van der Waals surface area (Å²) in [5.74, 6) is 0.798. The second-order valence-electron chi connectivity index (χ2n) is 4.92. The molecule has 1 aliphatic rings. The van der Waals surface area contributed by atoms with Crippen molar-refractivity contribution in [3.63, 3.8) is 0 Å². The molecule has 0 N–H and O–H groups in total. The van der Waals surface area contributed by atoms with Crippen LogP contribution in [0.15, 0.2) is 18.5 Å². The number of pyridine rings is 1. The summed E-state index contributed by atoms with van der Waals surface area (Å²) < 4.78 is 5.58. The highest BCUT2D eigenvalue weighted by molar-refractivity contribution is 9.09. The summed E-state index contributed by atoms with van der Waals surface area (Å²) in [5, 5.41) is 0.766. The van der Waals surface area contributed by atoms with E-state index in [2.05, 4.69) is 27.8 Å². The fourth-order valence-electron chi connectivity index (χ4n) is 2.49. The number of ether oxygens (including phenoxy) is 1. The molecule has 0 aliphatic heterocycles. The normalized spacial score (nSPS) is 24.6. The lowest BCUT2D eigenvalue weighted by Gasteiger charge is -2.36. The van der Waals surface area contributed by atoms with Crippen LogP contribution in [0, 0.1) is 5.92 Å². The third-order valence-corrected chi connectivity index (χ3v) is 4.52. The molecule has 0 spiro atoms. The van der Waals surface area contributed by atoms with Gasteiger partial charge in [-0.3, -0.25) is 4.98 Å². The van der Waals surface area contributed by atoms with Gasteiger partial charge in [-0.1, -0.05) is 27.5 Å². The van der Waals surface area contributed by atoms with Gasteiger partial charge in [0.2, 0.25) is 0 Å². The maximum absolute atomic E-state index is 6.11. The van der Waals surface area contributed by atoms with Crippen molar-refractivity contribution in [2.45, 2.75) is 43.5 Å². The molecule has 0 saturated heterocycles. The molecule has 1 aromatic rings. The monoisotopic (exact) mass is 331 g/mol. The van der Waals surface area contributed by atoms with Gasteiger partial charge in [-0.2, -0.15) is 0 Å². The zero-order valence-corrected chi connectivity index (χ0v) is 13.0. The second-order valence-corrected chi connectivity index (χ2v) is 6.62. The number of hydrogen-bond donors (Lipinski definition) is 0. The van der Waals surface area contributed by atoms with E-state index in [1.807, 2.05) is 6.07 Å². The van der Waals surface area contributed by atoms with E-state index in [0.29, 0.717) is 10.9 Å². The van der Waals surface area contributed by atoms with Gasteiger partial charge >= 0.3 is 0 Å². The molecule has 100 valence electrons. The van der Waals surface area contributed by atoms with Crippen molar-refractivity contribution in [3.05, 3.63) is 29.0 Å². The van der Waals surface area contributed by atoms with Crippen LogP contribution in [0.1, 0.15) is 31.7 Å². The van der Waals surface area contributed by atoms with Crippen LogP contribution in [-0.2, 0) is 11.2 Å². The van der Waals surface area contributed by atoms with Gasteiger partial charge in [0.25, 0.3) is 0 Å². The topological polar surface area (TPSA) is 22.1 Å². The van der Waals surface area contributed by atoms with Gasteiger partial charge in [-0.25, -0.2) is 0 Å². The van der Waals surface area contributed by atoms with Crippen molar-refractivity contribution in [1.29, 1.82) is 0 Å². The van der Waals surface area contributed by atoms with Crippen LogP contribution < -0.4 is 0 Å². The van der Waals surface area contributed by atoms with Crippen molar-refractivity contribution in [2.24, 2.45) is 5.92 Å². The third kappa shape index (κ3) is 3.94. The van der Waals surface area contributed by atoms with Crippen LogP contribution in [0.3, 0.4) is 0 Å². The Hall–Kier alpha value is -0.120. The van der Waals surface area contributed by atoms with E-state index >= 15 is 0 Å². The molecule has 2 rings (SSSR count). The fraction of sp³-hybridized carbons (Fsp3) is 0.643. The van der Waals surface area contributed by atoms with Gasteiger partial charge in [0, 0.05) is 23.8 Å². The van der Waals surface area contributed by atoms with E-state index < -0.39 is 0 Å². The average Bonchev–Trinajstić information content (AvgIpc) is 2.29. The standard InChI is InChI=1S/C14H19BrClNO/c1-2-18-13-6-10(7-13)5-12(15)8-11-3-4-17-9-14(11)16/h3-4,9-10,12-13H,2,5-8H2,1H3. The molecule has 2 nitrogen and oxygen atoms in total. The molecule has 1 unspecified atom stereocenters. The van der Waals surface area contributed by atoms with Gasteiger partial charge in [0.15, 0.2) is 0 Å². The largest absolute Gasteiger partial charge is 0.378 e. The van der Waals surface area contributed by atoms with Crippen LogP contribution in [0.5, 0.6) is 0 Å². The second kappa shape index (κ2) is 6.88. The Balaban J connectivity index is 1.73. The molecule has 1 atom stereocenters. The van der Waals surface area contributed by atoms with Crippen molar-refractivity contribution in [2.75, 3.05) is 6.61 Å². The molecular formula is C14H19BrClNO. The highest BCUT2D eigenvalue weighted by Crippen LogP contribution is 2.36. The number of halogens is 2. The molecule has 0 radical (unpaired) electrons. The van der Waals surface area contributed by atoms with Gasteiger partial charge < -0.3 is 4.74 Å². The van der Waals surface area contributed by atoms with Crippen molar-refractivity contribution >= 4 is 27.5 Å².